The number of allylic oxidation sites excluding steroid dienone is 3. The number of thioether (sulfide) groups is 1. The molecule has 0 amide bonds. The molecule has 32 heavy (non-hydrogen) atoms. The Labute approximate surface area is 194 Å². The number of carbonyl (C=O) groups is 2. The SMILES string of the molecule is CCN1C(=CC2=C(O)C(=Cc3sc4ccccc4[n+]3CC)C(=O)C2=O)Sc2ccccc21. The number of nitrogens with zero attached hydrogens (tertiary/aromatic N) is 2. The average Bonchev–Trinajstić information content (AvgIpc) is 3.41. The van der Waals surface area contributed by atoms with Gasteiger partial charge in [-0.25, -0.2) is 0 Å². The van der Waals surface area contributed by atoms with Crippen LogP contribution >= 0.6 is 23.1 Å². The van der Waals surface area contributed by atoms with Crippen LogP contribution in [-0.2, 0) is 16.1 Å². The summed E-state index contributed by atoms with van der Waals surface area (Å²) in [4.78, 5) is 28.8. The van der Waals surface area contributed by atoms with Crippen LogP contribution in [0.25, 0.3) is 16.3 Å². The van der Waals surface area contributed by atoms with E-state index >= 15 is 0 Å². The van der Waals surface area contributed by atoms with Crippen LogP contribution in [0.3, 0.4) is 0 Å². The van der Waals surface area contributed by atoms with Gasteiger partial charge in [-0.2, -0.15) is 4.57 Å². The smallest absolute Gasteiger partial charge is 0.263 e. The van der Waals surface area contributed by atoms with Crippen molar-refractivity contribution in [1.29, 1.82) is 0 Å². The van der Waals surface area contributed by atoms with Crippen molar-refractivity contribution in [1.82, 2.24) is 0 Å². The van der Waals surface area contributed by atoms with Crippen LogP contribution < -0.4 is 9.47 Å². The summed E-state index contributed by atoms with van der Waals surface area (Å²) < 4.78 is 3.17. The lowest BCUT2D eigenvalue weighted by molar-refractivity contribution is -0.665. The number of anilines is 1. The Kier molecular flexibility index (Phi) is 5.23. The minimum atomic E-state index is -0.669. The number of benzene rings is 2. The highest BCUT2D eigenvalue weighted by molar-refractivity contribution is 8.03. The van der Waals surface area contributed by atoms with Crippen LogP contribution in [0, 0.1) is 0 Å². The number of carbonyl (C=O) groups excluding carboxylic acids is 2. The Balaban J connectivity index is 1.59. The number of para-hydroxylation sites is 2. The van der Waals surface area contributed by atoms with E-state index in [1.54, 1.807) is 12.2 Å². The van der Waals surface area contributed by atoms with Gasteiger partial charge in [-0.3, -0.25) is 9.59 Å². The van der Waals surface area contributed by atoms with Gasteiger partial charge in [0.1, 0.15) is 17.0 Å². The number of aliphatic hydroxyl groups is 1. The highest BCUT2D eigenvalue weighted by Crippen LogP contribution is 2.46. The molecule has 0 atom stereocenters. The van der Waals surface area contributed by atoms with Crippen LogP contribution in [-0.4, -0.2) is 23.2 Å². The molecule has 2 aromatic carbocycles. The second-order valence-electron chi connectivity index (χ2n) is 7.43. The van der Waals surface area contributed by atoms with E-state index < -0.39 is 11.6 Å². The summed E-state index contributed by atoms with van der Waals surface area (Å²) in [5, 5.41) is 12.6. The maximum atomic E-state index is 12.8. The molecule has 0 spiro atoms. The Morgan fingerprint density at radius 2 is 1.75 bits per heavy atom. The largest absolute Gasteiger partial charge is 0.506 e. The lowest BCUT2D eigenvalue weighted by atomic mass is 10.2. The molecule has 5 rings (SSSR count). The van der Waals surface area contributed by atoms with E-state index in [9.17, 15) is 14.7 Å². The third kappa shape index (κ3) is 3.20. The Morgan fingerprint density at radius 3 is 2.53 bits per heavy atom. The molecule has 0 bridgehead atoms. The maximum Gasteiger partial charge on any atom is 0.263 e. The van der Waals surface area contributed by atoms with Crippen molar-refractivity contribution in [2.45, 2.75) is 25.3 Å². The Bertz CT molecular complexity index is 1380. The van der Waals surface area contributed by atoms with Gasteiger partial charge in [0, 0.05) is 23.6 Å². The lowest BCUT2D eigenvalue weighted by Crippen LogP contribution is -2.33. The van der Waals surface area contributed by atoms with Crippen molar-refractivity contribution in [3.05, 3.63) is 81.5 Å². The first-order valence-corrected chi connectivity index (χ1v) is 12.1. The highest BCUT2D eigenvalue weighted by atomic mass is 32.2. The summed E-state index contributed by atoms with van der Waals surface area (Å²) in [6, 6.07) is 16.0. The van der Waals surface area contributed by atoms with Crippen LogP contribution in [0.1, 0.15) is 18.9 Å². The number of ketones is 2. The third-order valence-electron chi connectivity index (χ3n) is 5.65. The number of aromatic nitrogens is 1. The number of fused-ring (bicyclic) bond motifs is 2. The van der Waals surface area contributed by atoms with Gasteiger partial charge in [-0.1, -0.05) is 47.4 Å². The number of rotatable bonds is 4. The summed E-state index contributed by atoms with van der Waals surface area (Å²) in [5.74, 6) is -1.59. The monoisotopic (exact) mass is 461 g/mol. The molecule has 1 aromatic heterocycles. The van der Waals surface area contributed by atoms with Crippen molar-refractivity contribution in [3.8, 4) is 0 Å². The van der Waals surface area contributed by atoms with Gasteiger partial charge in [0.2, 0.25) is 17.1 Å². The molecule has 1 aliphatic carbocycles. The van der Waals surface area contributed by atoms with Gasteiger partial charge >= 0.3 is 0 Å². The molecule has 2 heterocycles. The number of thiazole rings is 1. The first kappa shape index (κ1) is 20.7. The van der Waals surface area contributed by atoms with Gasteiger partial charge in [0.15, 0.2) is 0 Å². The van der Waals surface area contributed by atoms with Crippen molar-refractivity contribution in [2.75, 3.05) is 11.4 Å². The fraction of sp³-hybridized carbons (Fsp3) is 0.160. The van der Waals surface area contributed by atoms with Crippen molar-refractivity contribution in [2.24, 2.45) is 0 Å². The molecule has 0 radical (unpaired) electrons. The molecule has 0 saturated heterocycles. The van der Waals surface area contributed by atoms with E-state index in [-0.39, 0.29) is 16.9 Å². The summed E-state index contributed by atoms with van der Waals surface area (Å²) in [6.07, 6.45) is 3.28. The number of aryl methyl sites for hydroxylation is 1. The third-order valence-corrected chi connectivity index (χ3v) is 7.87. The maximum absolute atomic E-state index is 12.8. The first-order chi connectivity index (χ1) is 15.5. The molecular formula is C25H21N2O3S2+. The Morgan fingerprint density at radius 1 is 1.00 bits per heavy atom. The second kappa shape index (κ2) is 8.07. The van der Waals surface area contributed by atoms with Gasteiger partial charge in [-0.05, 0) is 38.1 Å². The first-order valence-electron chi connectivity index (χ1n) is 10.4. The van der Waals surface area contributed by atoms with Crippen LogP contribution in [0.5, 0.6) is 0 Å². The zero-order valence-electron chi connectivity index (χ0n) is 17.7. The fourth-order valence-corrected chi connectivity index (χ4v) is 6.43. The minimum Gasteiger partial charge on any atom is -0.506 e. The standard InChI is InChI=1S/C25H20N2O3S2/c1-3-26-17-9-5-7-11-19(17)31-21(26)13-15-23(28)16(25(30)24(15)29)14-22-27(4-2)18-10-6-8-12-20(18)32-22/h5-14H,3-4H2,1-2H3/p+1. The van der Waals surface area contributed by atoms with Crippen molar-refractivity contribution < 1.29 is 19.3 Å². The topological polar surface area (TPSA) is 61.5 Å². The van der Waals surface area contributed by atoms with E-state index in [1.165, 1.54) is 23.1 Å². The molecule has 160 valence electrons. The quantitative estimate of drug-likeness (QED) is 0.335. The van der Waals surface area contributed by atoms with E-state index in [1.807, 2.05) is 62.4 Å². The molecule has 0 saturated carbocycles. The van der Waals surface area contributed by atoms with Crippen molar-refractivity contribution >= 4 is 56.6 Å². The fourth-order valence-electron chi connectivity index (χ4n) is 4.09. The minimum absolute atomic E-state index is 0.0548. The molecule has 1 N–H and O–H groups in total. The predicted molar refractivity (Wildman–Crippen MR) is 129 cm³/mol. The number of Topliss-reactive ketones (excluding diaryl/α,β-unsaturated/α-hetero) is 2. The lowest BCUT2D eigenvalue weighted by Gasteiger charge is -2.17. The van der Waals surface area contributed by atoms with Gasteiger partial charge in [-0.15, -0.1) is 0 Å². The van der Waals surface area contributed by atoms with E-state index in [4.69, 9.17) is 0 Å². The normalized spacial score (nSPS) is 18.6. The van der Waals surface area contributed by atoms with Gasteiger partial charge in [0.05, 0.1) is 21.9 Å². The van der Waals surface area contributed by atoms with Gasteiger partial charge < -0.3 is 10.0 Å². The second-order valence-corrected chi connectivity index (χ2v) is 9.55. The predicted octanol–water partition coefficient (Wildman–Crippen LogP) is 5.03. The summed E-state index contributed by atoms with van der Waals surface area (Å²) >= 11 is 3.06. The zero-order valence-corrected chi connectivity index (χ0v) is 19.3. The van der Waals surface area contributed by atoms with Crippen LogP contribution in [0.2, 0.25) is 0 Å². The summed E-state index contributed by atoms with van der Waals surface area (Å²) in [6.45, 7) is 5.49. The molecule has 0 unspecified atom stereocenters. The number of aliphatic hydroxyl groups excluding tert-OH is 1. The molecular weight excluding hydrogens is 440 g/mol. The molecule has 3 aromatic rings. The van der Waals surface area contributed by atoms with Crippen LogP contribution in [0.4, 0.5) is 5.69 Å². The zero-order chi connectivity index (χ0) is 22.4. The average molecular weight is 462 g/mol. The van der Waals surface area contributed by atoms with E-state index in [0.717, 1.165) is 30.8 Å². The van der Waals surface area contributed by atoms with Crippen molar-refractivity contribution in [3.63, 3.8) is 0 Å². The van der Waals surface area contributed by atoms with Crippen LogP contribution in [0.15, 0.2) is 81.4 Å². The highest BCUT2D eigenvalue weighted by Gasteiger charge is 2.38. The molecule has 7 heteroatoms. The summed E-state index contributed by atoms with van der Waals surface area (Å²) in [7, 11) is 0. The van der Waals surface area contributed by atoms with E-state index in [2.05, 4.69) is 9.47 Å². The molecule has 1 aliphatic heterocycles. The Hall–Kier alpha value is -3.16. The molecule has 2 aliphatic rings. The number of hydrogen-bond acceptors (Lipinski definition) is 6. The number of hydrogen-bond donors (Lipinski definition) is 1. The molecule has 0 fully saturated rings. The summed E-state index contributed by atoms with van der Waals surface area (Å²) in [5.41, 5.74) is 2.24. The van der Waals surface area contributed by atoms with E-state index in [0.29, 0.717) is 13.1 Å². The molecule has 5 nitrogen and oxygen atoms in total. The van der Waals surface area contributed by atoms with Gasteiger partial charge in [0.25, 0.3) is 5.01 Å².